The number of carbonyl (C=O) groups excluding carboxylic acids is 1. The normalized spacial score (nSPS) is 10.9. The van der Waals surface area contributed by atoms with E-state index in [-0.39, 0.29) is 16.2 Å². The smallest absolute Gasteiger partial charge is 0.265 e. The van der Waals surface area contributed by atoms with Crippen molar-refractivity contribution in [3.8, 4) is 5.75 Å². The Hall–Kier alpha value is -3.39. The molecule has 0 aliphatic rings. The fourth-order valence-electron chi connectivity index (χ4n) is 2.48. The van der Waals surface area contributed by atoms with E-state index in [0.717, 1.165) is 5.56 Å². The first kappa shape index (κ1) is 19.4. The van der Waals surface area contributed by atoms with Gasteiger partial charge in [0.15, 0.2) is 0 Å². The highest BCUT2D eigenvalue weighted by Gasteiger charge is 2.22. The Morgan fingerprint density at radius 1 is 1.04 bits per heavy atom. The maximum atomic E-state index is 12.9. The number of hydrogen-bond donors (Lipinski definition) is 2. The lowest BCUT2D eigenvalue weighted by atomic mass is 10.2. The zero-order valence-electron chi connectivity index (χ0n) is 15.3. The molecule has 0 bridgehead atoms. The molecular formula is C20H19N3O4S. The summed E-state index contributed by atoms with van der Waals surface area (Å²) in [7, 11) is -2.60. The van der Waals surface area contributed by atoms with Crippen LogP contribution in [0.3, 0.4) is 0 Å². The van der Waals surface area contributed by atoms with Crippen molar-refractivity contribution >= 4 is 27.4 Å². The van der Waals surface area contributed by atoms with Gasteiger partial charge in [0, 0.05) is 17.4 Å². The summed E-state index contributed by atoms with van der Waals surface area (Å²) in [6, 6.07) is 16.2. The van der Waals surface area contributed by atoms with Crippen molar-refractivity contribution in [3.05, 3.63) is 78.0 Å². The number of methoxy groups -OCH3 is 1. The van der Waals surface area contributed by atoms with E-state index in [9.17, 15) is 13.2 Å². The molecule has 0 unspecified atom stereocenters. The van der Waals surface area contributed by atoms with E-state index in [1.165, 1.54) is 25.3 Å². The molecule has 0 radical (unpaired) electrons. The maximum Gasteiger partial charge on any atom is 0.265 e. The molecule has 0 aliphatic heterocycles. The largest absolute Gasteiger partial charge is 0.495 e. The summed E-state index contributed by atoms with van der Waals surface area (Å²) < 4.78 is 33.4. The molecule has 28 heavy (non-hydrogen) atoms. The molecule has 0 aliphatic carbocycles. The van der Waals surface area contributed by atoms with Crippen molar-refractivity contribution in [1.29, 1.82) is 0 Å². The van der Waals surface area contributed by atoms with Crippen molar-refractivity contribution in [2.24, 2.45) is 0 Å². The molecule has 0 spiro atoms. The molecule has 0 fully saturated rings. The zero-order chi connectivity index (χ0) is 20.1. The minimum Gasteiger partial charge on any atom is -0.495 e. The third-order valence-corrected chi connectivity index (χ3v) is 5.33. The van der Waals surface area contributed by atoms with Gasteiger partial charge < -0.3 is 10.1 Å². The average molecular weight is 397 g/mol. The van der Waals surface area contributed by atoms with Gasteiger partial charge in [0.25, 0.3) is 15.9 Å². The molecule has 1 aromatic heterocycles. The van der Waals surface area contributed by atoms with Crippen LogP contribution in [0.25, 0.3) is 0 Å². The second kappa shape index (κ2) is 8.10. The van der Waals surface area contributed by atoms with Crippen LogP contribution >= 0.6 is 0 Å². The van der Waals surface area contributed by atoms with Crippen LogP contribution < -0.4 is 14.8 Å². The van der Waals surface area contributed by atoms with Gasteiger partial charge in [0.2, 0.25) is 0 Å². The van der Waals surface area contributed by atoms with Gasteiger partial charge in [0.05, 0.1) is 7.11 Å². The summed E-state index contributed by atoms with van der Waals surface area (Å²) in [6.07, 6.45) is 1.55. The molecule has 3 aromatic rings. The predicted molar refractivity (Wildman–Crippen MR) is 107 cm³/mol. The molecule has 1 amide bonds. The van der Waals surface area contributed by atoms with E-state index in [4.69, 9.17) is 4.74 Å². The molecule has 0 atom stereocenters. The number of nitrogens with one attached hydrogen (secondary N) is 2. The SMILES string of the molecule is COc1ccc(C(=O)Nc2ccccn2)cc1S(=O)(=O)Nc1ccc(C)cc1. The number of pyridine rings is 1. The number of sulfonamides is 1. The summed E-state index contributed by atoms with van der Waals surface area (Å²) in [5.74, 6) is 0.0210. The van der Waals surface area contributed by atoms with E-state index in [1.807, 2.05) is 6.92 Å². The number of rotatable bonds is 6. The highest BCUT2D eigenvalue weighted by Crippen LogP contribution is 2.27. The Morgan fingerprint density at radius 3 is 2.43 bits per heavy atom. The standard InChI is InChI=1S/C20H19N3O4S/c1-14-6-9-16(10-7-14)23-28(25,26)18-13-15(8-11-17(18)27-2)20(24)22-19-5-3-4-12-21-19/h3-13,23H,1-2H3,(H,21,22,24). The van der Waals surface area contributed by atoms with Crippen molar-refractivity contribution in [2.45, 2.75) is 11.8 Å². The Morgan fingerprint density at radius 2 is 1.79 bits per heavy atom. The van der Waals surface area contributed by atoms with Crippen LogP contribution in [-0.2, 0) is 10.0 Å². The molecule has 3 rings (SSSR count). The van der Waals surface area contributed by atoms with Gasteiger partial charge in [0.1, 0.15) is 16.5 Å². The Balaban J connectivity index is 1.91. The molecule has 8 heteroatoms. The van der Waals surface area contributed by atoms with Crippen LogP contribution in [0, 0.1) is 6.92 Å². The number of carbonyl (C=O) groups is 1. The first-order chi connectivity index (χ1) is 13.4. The van der Waals surface area contributed by atoms with Gasteiger partial charge in [-0.05, 0) is 49.4 Å². The van der Waals surface area contributed by atoms with Gasteiger partial charge in [-0.3, -0.25) is 9.52 Å². The number of amides is 1. The van der Waals surface area contributed by atoms with E-state index in [1.54, 1.807) is 48.7 Å². The second-order valence-corrected chi connectivity index (χ2v) is 7.66. The predicted octanol–water partition coefficient (Wildman–Crippen LogP) is 3.45. The Kier molecular flexibility index (Phi) is 5.60. The Labute approximate surface area is 163 Å². The van der Waals surface area contributed by atoms with Crippen LogP contribution in [-0.4, -0.2) is 26.4 Å². The summed E-state index contributed by atoms with van der Waals surface area (Å²) >= 11 is 0. The number of anilines is 2. The van der Waals surface area contributed by atoms with E-state index < -0.39 is 15.9 Å². The van der Waals surface area contributed by atoms with Gasteiger partial charge in [-0.25, -0.2) is 13.4 Å². The van der Waals surface area contributed by atoms with Gasteiger partial charge in [-0.15, -0.1) is 0 Å². The third-order valence-electron chi connectivity index (χ3n) is 3.93. The minimum absolute atomic E-state index is 0.133. The van der Waals surface area contributed by atoms with Gasteiger partial charge in [-0.1, -0.05) is 23.8 Å². The number of benzene rings is 2. The second-order valence-electron chi connectivity index (χ2n) is 6.01. The number of nitrogens with zero attached hydrogens (tertiary/aromatic N) is 1. The van der Waals surface area contributed by atoms with Crippen molar-refractivity contribution in [1.82, 2.24) is 4.98 Å². The van der Waals surface area contributed by atoms with Crippen molar-refractivity contribution in [2.75, 3.05) is 17.1 Å². The molecule has 7 nitrogen and oxygen atoms in total. The summed E-state index contributed by atoms with van der Waals surface area (Å²) in [5.41, 5.74) is 1.58. The summed E-state index contributed by atoms with van der Waals surface area (Å²) in [4.78, 5) is 16.4. The van der Waals surface area contributed by atoms with Gasteiger partial charge in [-0.2, -0.15) is 0 Å². The first-order valence-corrected chi connectivity index (χ1v) is 9.87. The highest BCUT2D eigenvalue weighted by molar-refractivity contribution is 7.92. The van der Waals surface area contributed by atoms with Crippen LogP contribution in [0.5, 0.6) is 5.75 Å². The monoisotopic (exact) mass is 397 g/mol. The molecule has 1 heterocycles. The van der Waals surface area contributed by atoms with Crippen molar-refractivity contribution < 1.29 is 17.9 Å². The molecule has 2 aromatic carbocycles. The van der Waals surface area contributed by atoms with E-state index in [0.29, 0.717) is 11.5 Å². The first-order valence-electron chi connectivity index (χ1n) is 8.39. The Bertz CT molecular complexity index is 1080. The number of hydrogen-bond acceptors (Lipinski definition) is 5. The molecule has 0 saturated carbocycles. The highest BCUT2D eigenvalue weighted by atomic mass is 32.2. The number of aromatic nitrogens is 1. The van der Waals surface area contributed by atoms with Gasteiger partial charge >= 0.3 is 0 Å². The summed E-state index contributed by atoms with van der Waals surface area (Å²) in [6.45, 7) is 1.91. The van der Waals surface area contributed by atoms with Crippen LogP contribution in [0.2, 0.25) is 0 Å². The lowest BCUT2D eigenvalue weighted by Gasteiger charge is -2.13. The minimum atomic E-state index is -3.97. The van der Waals surface area contributed by atoms with Crippen LogP contribution in [0.4, 0.5) is 11.5 Å². The molecule has 144 valence electrons. The maximum absolute atomic E-state index is 12.9. The molecular weight excluding hydrogens is 378 g/mol. The average Bonchev–Trinajstić information content (AvgIpc) is 2.70. The van der Waals surface area contributed by atoms with Crippen LogP contribution in [0.1, 0.15) is 15.9 Å². The summed E-state index contributed by atoms with van der Waals surface area (Å²) in [5, 5.41) is 2.62. The third kappa shape index (κ3) is 4.47. The molecule has 2 N–H and O–H groups in total. The van der Waals surface area contributed by atoms with E-state index in [2.05, 4.69) is 15.0 Å². The lowest BCUT2D eigenvalue weighted by Crippen LogP contribution is -2.17. The van der Waals surface area contributed by atoms with E-state index >= 15 is 0 Å². The van der Waals surface area contributed by atoms with Crippen molar-refractivity contribution in [3.63, 3.8) is 0 Å². The number of ether oxygens (including phenoxy) is 1. The van der Waals surface area contributed by atoms with Crippen LogP contribution in [0.15, 0.2) is 71.8 Å². The fraction of sp³-hybridized carbons (Fsp3) is 0.100. The number of aryl methyl sites for hydroxylation is 1. The lowest BCUT2D eigenvalue weighted by molar-refractivity contribution is 0.102. The topological polar surface area (TPSA) is 97.4 Å². The fourth-order valence-corrected chi connectivity index (χ4v) is 3.74. The quantitative estimate of drug-likeness (QED) is 0.664. The molecule has 0 saturated heterocycles. The zero-order valence-corrected chi connectivity index (χ0v) is 16.2.